The maximum absolute atomic E-state index is 8.55. The number of rotatable bonds is 5. The Bertz CT molecular complexity index is 2620. The highest BCUT2D eigenvalue weighted by Crippen LogP contribution is 2.66. The predicted octanol–water partition coefficient (Wildman–Crippen LogP) is 12.3. The molecular formula is C46H45N4O+. The van der Waals surface area contributed by atoms with E-state index in [-0.39, 0.29) is 10.8 Å². The number of hydrogen-bond donors (Lipinski definition) is 0. The van der Waals surface area contributed by atoms with Gasteiger partial charge in [-0.05, 0) is 77.3 Å². The van der Waals surface area contributed by atoms with Gasteiger partial charge in [-0.25, -0.2) is 4.98 Å². The molecule has 5 aromatic carbocycles. The van der Waals surface area contributed by atoms with Crippen molar-refractivity contribution in [3.8, 4) is 17.3 Å². The Balaban J connectivity index is 1.13. The van der Waals surface area contributed by atoms with E-state index < -0.39 is 6.85 Å². The van der Waals surface area contributed by atoms with Crippen molar-refractivity contribution in [3.05, 3.63) is 151 Å². The summed E-state index contributed by atoms with van der Waals surface area (Å²) in [5, 5.41) is 2.29. The third-order valence-corrected chi connectivity index (χ3v) is 10.9. The summed E-state index contributed by atoms with van der Waals surface area (Å²) in [6, 6.07) is 41.6. The van der Waals surface area contributed by atoms with Crippen molar-refractivity contribution in [2.45, 2.75) is 59.2 Å². The maximum Gasteiger partial charge on any atom is 0.186 e. The second kappa shape index (κ2) is 10.9. The van der Waals surface area contributed by atoms with Crippen LogP contribution in [0.5, 0.6) is 11.5 Å². The number of benzene rings is 5. The molecule has 2 aromatic heterocycles. The van der Waals surface area contributed by atoms with Gasteiger partial charge in [0, 0.05) is 50.9 Å². The topological polar surface area (TPSA) is 27.1 Å². The molecular weight excluding hydrogens is 625 g/mol. The molecule has 0 radical (unpaired) electrons. The van der Waals surface area contributed by atoms with Gasteiger partial charge in [-0.3, -0.25) is 13.5 Å². The minimum Gasteiger partial charge on any atom is -0.457 e. The average Bonchev–Trinajstić information content (AvgIpc) is 3.72. The van der Waals surface area contributed by atoms with Crippen LogP contribution in [0, 0.1) is 13.5 Å². The second-order valence-corrected chi connectivity index (χ2v) is 16.3. The normalized spacial score (nSPS) is 20.8. The van der Waals surface area contributed by atoms with Crippen LogP contribution in [0.4, 0.5) is 22.7 Å². The van der Waals surface area contributed by atoms with Crippen LogP contribution in [-0.2, 0) is 10.8 Å². The third kappa shape index (κ3) is 4.79. The van der Waals surface area contributed by atoms with Crippen LogP contribution >= 0.6 is 0 Å². The molecule has 0 spiro atoms. The van der Waals surface area contributed by atoms with Crippen LogP contribution in [0.1, 0.15) is 62.3 Å². The zero-order chi connectivity index (χ0) is 37.8. The van der Waals surface area contributed by atoms with Crippen molar-refractivity contribution < 1.29 is 8.85 Å². The molecule has 0 unspecified atom stereocenters. The van der Waals surface area contributed by atoms with E-state index in [1.165, 1.54) is 11.1 Å². The van der Waals surface area contributed by atoms with E-state index in [0.717, 1.165) is 56.1 Å². The first-order valence-electron chi connectivity index (χ1n) is 19.3. The van der Waals surface area contributed by atoms with Gasteiger partial charge in [-0.15, -0.1) is 0 Å². The van der Waals surface area contributed by atoms with E-state index in [2.05, 4.69) is 144 Å². The first-order chi connectivity index (χ1) is 25.6. The summed E-state index contributed by atoms with van der Waals surface area (Å²) in [5.41, 5.74) is 8.80. The van der Waals surface area contributed by atoms with E-state index in [4.69, 9.17) is 13.8 Å². The van der Waals surface area contributed by atoms with Crippen LogP contribution in [-0.4, -0.2) is 16.2 Å². The molecule has 5 nitrogen and oxygen atoms in total. The number of fused-ring (bicyclic) bond motifs is 3. The van der Waals surface area contributed by atoms with E-state index in [9.17, 15) is 0 Å². The molecule has 254 valence electrons. The molecule has 0 saturated carbocycles. The van der Waals surface area contributed by atoms with Crippen LogP contribution in [0.15, 0.2) is 128 Å². The number of pyridine rings is 1. The Morgan fingerprint density at radius 1 is 0.667 bits per heavy atom. The molecule has 7 aromatic rings. The van der Waals surface area contributed by atoms with Gasteiger partial charge in [0.1, 0.15) is 28.7 Å². The fraction of sp³-hybridized carbons (Fsp3) is 0.217. The molecule has 0 amide bonds. The lowest BCUT2D eigenvalue weighted by atomic mass is 9.86. The highest BCUT2D eigenvalue weighted by atomic mass is 16.5. The molecule has 51 heavy (non-hydrogen) atoms. The van der Waals surface area contributed by atoms with E-state index in [0.29, 0.717) is 26.9 Å². The second-order valence-electron chi connectivity index (χ2n) is 16.3. The fourth-order valence-electron chi connectivity index (χ4n) is 8.19. The lowest BCUT2D eigenvalue weighted by Crippen LogP contribution is -2.67. The van der Waals surface area contributed by atoms with Crippen molar-refractivity contribution in [3.63, 3.8) is 0 Å². The number of nitrogens with zero attached hydrogens (tertiary/aromatic N) is 4. The highest BCUT2D eigenvalue weighted by Gasteiger charge is 2.63. The minimum atomic E-state index is -2.26. The summed E-state index contributed by atoms with van der Waals surface area (Å²) in [6.07, 6.45) is 1.90. The SMILES string of the molecule is [2H]C([2H])([2H])c1cccc2c1[N@@+]1(c3cccc(C(C)(C)C)c3)[CH-][N@+]2(c2cccc(Oc3ccc4c5ccccc5n(-c5cc(C(C)(C)C)ccn5)c4c3)c2)C1. The van der Waals surface area contributed by atoms with Gasteiger partial charge in [-0.1, -0.05) is 90.1 Å². The molecule has 3 aliphatic rings. The van der Waals surface area contributed by atoms with Gasteiger partial charge >= 0.3 is 0 Å². The first-order valence-corrected chi connectivity index (χ1v) is 17.8. The predicted molar refractivity (Wildman–Crippen MR) is 212 cm³/mol. The summed E-state index contributed by atoms with van der Waals surface area (Å²) in [6.45, 7) is 14.0. The van der Waals surface area contributed by atoms with Crippen LogP contribution < -0.4 is 13.7 Å². The van der Waals surface area contributed by atoms with Crippen molar-refractivity contribution in [1.29, 1.82) is 0 Å². The van der Waals surface area contributed by atoms with Gasteiger partial charge < -0.3 is 4.74 Å². The van der Waals surface area contributed by atoms with E-state index in [1.807, 2.05) is 30.5 Å². The lowest BCUT2D eigenvalue weighted by Gasteiger charge is -2.56. The molecule has 5 heteroatoms. The molecule has 2 bridgehead atoms. The number of hydrogen-bond acceptors (Lipinski definition) is 2. The Morgan fingerprint density at radius 2 is 1.35 bits per heavy atom. The number of aromatic nitrogens is 2. The molecule has 0 N–H and O–H groups in total. The third-order valence-electron chi connectivity index (χ3n) is 10.9. The summed E-state index contributed by atoms with van der Waals surface area (Å²) < 4.78 is 35.4. The van der Waals surface area contributed by atoms with Crippen molar-refractivity contribution in [1.82, 2.24) is 18.5 Å². The summed E-state index contributed by atoms with van der Waals surface area (Å²) in [7, 11) is 0. The average molecular weight is 673 g/mol. The molecule has 5 heterocycles. The molecule has 1 saturated heterocycles. The van der Waals surface area contributed by atoms with Crippen molar-refractivity contribution in [2.75, 3.05) is 6.67 Å². The molecule has 1 fully saturated rings. The zero-order valence-corrected chi connectivity index (χ0v) is 30.1. The Hall–Kier alpha value is -5.23. The zero-order valence-electron chi connectivity index (χ0n) is 33.1. The smallest absolute Gasteiger partial charge is 0.186 e. The van der Waals surface area contributed by atoms with Crippen LogP contribution in [0.25, 0.3) is 27.6 Å². The Labute approximate surface area is 305 Å². The number of ether oxygens (including phenoxy) is 1. The highest BCUT2D eigenvalue weighted by molar-refractivity contribution is 6.09. The summed E-state index contributed by atoms with van der Waals surface area (Å²) in [4.78, 5) is 4.84. The van der Waals surface area contributed by atoms with Crippen LogP contribution in [0.3, 0.4) is 0 Å². The van der Waals surface area contributed by atoms with Crippen molar-refractivity contribution >= 4 is 44.6 Å². The van der Waals surface area contributed by atoms with Gasteiger partial charge in [0.15, 0.2) is 18.0 Å². The number of para-hydroxylation sites is 2. The monoisotopic (exact) mass is 672 g/mol. The number of quaternary nitrogens is 2. The van der Waals surface area contributed by atoms with E-state index >= 15 is 0 Å². The van der Waals surface area contributed by atoms with Crippen LogP contribution in [0.2, 0.25) is 0 Å². The fourth-order valence-corrected chi connectivity index (χ4v) is 8.19. The summed E-state index contributed by atoms with van der Waals surface area (Å²) >= 11 is 0. The Kier molecular flexibility index (Phi) is 6.08. The molecule has 2 atom stereocenters. The minimum absolute atomic E-state index is 0.0191. The molecule has 10 rings (SSSR count). The van der Waals surface area contributed by atoms with Crippen molar-refractivity contribution in [2.24, 2.45) is 0 Å². The summed E-state index contributed by atoms with van der Waals surface area (Å²) in [5.74, 6) is 2.30. The van der Waals surface area contributed by atoms with Gasteiger partial charge in [-0.2, -0.15) is 0 Å². The lowest BCUT2D eigenvalue weighted by molar-refractivity contribution is 0.186. The molecule has 3 aliphatic heterocycles. The van der Waals surface area contributed by atoms with Gasteiger partial charge in [0.2, 0.25) is 0 Å². The Morgan fingerprint density at radius 3 is 2.14 bits per heavy atom. The standard InChI is InChI=1S/C46H45N4O/c1-31-13-10-20-42-44(31)50(34-15-11-14-32(25-34)45(2,3)4)29-49(42,30-50)35-16-12-17-36(27-35)51-37-21-22-39-38-18-8-9-19-40(38)48(41(39)28-37)43-26-33(23-24-47-43)46(5,6)7/h8-29H,30H2,1-7H3/q+1/t49-,50+/m1/s1/i1D3. The first kappa shape index (κ1) is 28.5. The largest absolute Gasteiger partial charge is 0.457 e. The molecule has 0 aliphatic carbocycles. The number of aryl methyl sites for hydroxylation is 1. The quantitative estimate of drug-likeness (QED) is 0.134. The van der Waals surface area contributed by atoms with Gasteiger partial charge in [0.25, 0.3) is 0 Å². The van der Waals surface area contributed by atoms with Gasteiger partial charge in [0.05, 0.1) is 17.7 Å². The maximum atomic E-state index is 8.55. The van der Waals surface area contributed by atoms with E-state index in [1.54, 1.807) is 6.07 Å².